The highest BCUT2D eigenvalue weighted by Crippen LogP contribution is 2.15. The van der Waals surface area contributed by atoms with E-state index in [0.29, 0.717) is 47.8 Å². The van der Waals surface area contributed by atoms with Gasteiger partial charge in [-0.15, -0.1) is 0 Å². The number of rotatable bonds is 1. The third-order valence-electron chi connectivity index (χ3n) is 3.00. The lowest BCUT2D eigenvalue weighted by Crippen LogP contribution is -2.42. The van der Waals surface area contributed by atoms with Gasteiger partial charge < -0.3 is 9.64 Å². The monoisotopic (exact) mass is 249 g/mol. The summed E-state index contributed by atoms with van der Waals surface area (Å²) < 4.78 is 5.27. The second-order valence-electron chi connectivity index (χ2n) is 3.97. The molecule has 0 atom stereocenters. The van der Waals surface area contributed by atoms with Gasteiger partial charge in [0.1, 0.15) is 16.8 Å². The molecule has 7 nitrogen and oxygen atoms in total. The van der Waals surface area contributed by atoms with Gasteiger partial charge >= 0.3 is 0 Å². The molecule has 2 heterocycles. The zero-order valence-electron chi connectivity index (χ0n) is 9.50. The molecule has 3 rings (SSSR count). The van der Waals surface area contributed by atoms with Gasteiger partial charge in [0, 0.05) is 13.1 Å². The van der Waals surface area contributed by atoms with E-state index < -0.39 is 0 Å². The molecular weight excluding hydrogens is 238 g/mol. The van der Waals surface area contributed by atoms with E-state index in [1.807, 2.05) is 10.8 Å². The van der Waals surface area contributed by atoms with Crippen molar-refractivity contribution in [1.82, 2.24) is 0 Å². The molecule has 1 aromatic rings. The van der Waals surface area contributed by atoms with Crippen LogP contribution >= 0.6 is 0 Å². The molecule has 1 aromatic carbocycles. The van der Waals surface area contributed by atoms with Crippen LogP contribution in [0.5, 0.6) is 0 Å². The highest BCUT2D eigenvalue weighted by Gasteiger charge is 2.20. The zero-order valence-corrected chi connectivity index (χ0v) is 9.50. The summed E-state index contributed by atoms with van der Waals surface area (Å²) >= 11 is 0. The van der Waals surface area contributed by atoms with Crippen LogP contribution < -0.4 is 20.7 Å². The molecule has 1 N–H and O–H groups in total. The Balaban J connectivity index is 2.15. The van der Waals surface area contributed by atoms with Crippen LogP contribution in [0.25, 0.3) is 0 Å². The maximum atomic E-state index is 11.1. The normalized spacial score (nSPS) is 17.8. The molecule has 2 aliphatic rings. The number of nitrogens with zero attached hydrogens (tertiary/aromatic N) is 3. The fourth-order valence-electron chi connectivity index (χ4n) is 2.11. The molecular formula is C11H11N3O4. The molecule has 0 aromatic heterocycles. The Morgan fingerprint density at radius 2 is 2.00 bits per heavy atom. The highest BCUT2D eigenvalue weighted by molar-refractivity contribution is 5.64. The van der Waals surface area contributed by atoms with Gasteiger partial charge in [-0.3, -0.25) is 5.21 Å². The average molecular weight is 249 g/mol. The summed E-state index contributed by atoms with van der Waals surface area (Å²) in [4.78, 5) is 17.8. The molecule has 0 unspecified atom stereocenters. The summed E-state index contributed by atoms with van der Waals surface area (Å²) in [5, 5.41) is 14.1. The van der Waals surface area contributed by atoms with Crippen LogP contribution in [0.4, 0.5) is 11.4 Å². The minimum atomic E-state index is 0.297. The molecule has 94 valence electrons. The van der Waals surface area contributed by atoms with Gasteiger partial charge in [0.25, 0.3) is 0 Å². The Labute approximate surface area is 102 Å². The summed E-state index contributed by atoms with van der Waals surface area (Å²) in [5.74, 6) is 1.87. The van der Waals surface area contributed by atoms with Crippen molar-refractivity contribution in [1.29, 1.82) is 0 Å². The highest BCUT2D eigenvalue weighted by atomic mass is 17.0. The van der Waals surface area contributed by atoms with Crippen molar-refractivity contribution < 1.29 is 19.7 Å². The number of fused-ring (bicyclic) bond motifs is 1. The molecule has 18 heavy (non-hydrogen) atoms. The van der Waals surface area contributed by atoms with Crippen LogP contribution in [0.1, 0.15) is 0 Å². The van der Waals surface area contributed by atoms with E-state index in [0.717, 1.165) is 5.69 Å². The molecule has 1 fully saturated rings. The first-order chi connectivity index (χ1) is 8.81. The fourth-order valence-corrected chi connectivity index (χ4v) is 2.11. The molecule has 2 aliphatic heterocycles. The number of hydrogen-bond donors (Lipinski definition) is 1. The molecule has 7 heteroatoms. The lowest BCUT2D eigenvalue weighted by atomic mass is 10.2. The van der Waals surface area contributed by atoms with Crippen LogP contribution in [0, 0.1) is 0 Å². The van der Waals surface area contributed by atoms with Crippen LogP contribution in [-0.4, -0.2) is 37.5 Å². The minimum absolute atomic E-state index is 0.297. The Kier molecular flexibility index (Phi) is 2.64. The first-order valence-electron chi connectivity index (χ1n) is 5.56. The van der Waals surface area contributed by atoms with Gasteiger partial charge in [-0.2, -0.15) is 0 Å². The van der Waals surface area contributed by atoms with Crippen molar-refractivity contribution in [3.8, 4) is 0 Å². The quantitative estimate of drug-likeness (QED) is 0.667. The second-order valence-corrected chi connectivity index (χ2v) is 3.97. The van der Waals surface area contributed by atoms with Crippen molar-refractivity contribution in [3.63, 3.8) is 0 Å². The number of anilines is 2. The van der Waals surface area contributed by atoms with E-state index in [4.69, 9.17) is 4.74 Å². The van der Waals surface area contributed by atoms with E-state index in [1.54, 1.807) is 12.1 Å². The molecule has 1 saturated heterocycles. The van der Waals surface area contributed by atoms with Gasteiger partial charge in [-0.1, -0.05) is 5.23 Å². The number of morpholine rings is 1. The van der Waals surface area contributed by atoms with Crippen molar-refractivity contribution >= 4 is 17.3 Å². The molecule has 0 amide bonds. The Hall–Kier alpha value is -2.08. The van der Waals surface area contributed by atoms with Gasteiger partial charge in [0.15, 0.2) is 5.36 Å². The Bertz CT molecular complexity index is 605. The van der Waals surface area contributed by atoms with Crippen molar-refractivity contribution in [3.05, 3.63) is 22.7 Å². The number of hydrogen-bond acceptors (Lipinski definition) is 7. The van der Waals surface area contributed by atoms with Crippen LogP contribution in [-0.2, 0) is 14.5 Å². The lowest BCUT2D eigenvalue weighted by molar-refractivity contribution is -0.0306. The third-order valence-corrected chi connectivity index (χ3v) is 3.00. The Morgan fingerprint density at radius 1 is 1.28 bits per heavy atom. The van der Waals surface area contributed by atoms with E-state index in [-0.39, 0.29) is 0 Å². The summed E-state index contributed by atoms with van der Waals surface area (Å²) in [6, 6.07) is 3.40. The van der Waals surface area contributed by atoms with Crippen molar-refractivity contribution in [2.24, 2.45) is 5.16 Å². The molecule has 0 radical (unpaired) electrons. The van der Waals surface area contributed by atoms with Crippen LogP contribution in [0.15, 0.2) is 17.3 Å². The number of ether oxygens (including phenoxy) is 1. The molecule has 0 spiro atoms. The minimum Gasteiger partial charge on any atom is -0.378 e. The maximum Gasteiger partial charge on any atom is 0.156 e. The van der Waals surface area contributed by atoms with Gasteiger partial charge in [0.05, 0.1) is 18.9 Å². The standard InChI is InChI=1S/C11H11N3O4/c15-7-8-9(13-3-5-17-6-4-13)1-2-10-11(8)12-18-14(10)16/h1-2,16H,3-6H2. The third kappa shape index (κ3) is 1.62. The van der Waals surface area contributed by atoms with E-state index in [2.05, 4.69) is 10.1 Å². The first-order valence-corrected chi connectivity index (χ1v) is 5.56. The van der Waals surface area contributed by atoms with Gasteiger partial charge in [-0.05, 0) is 17.3 Å². The average Bonchev–Trinajstić information content (AvgIpc) is 2.80. The largest absolute Gasteiger partial charge is 0.378 e. The van der Waals surface area contributed by atoms with Gasteiger partial charge in [0.2, 0.25) is 0 Å². The molecule has 0 bridgehead atoms. The zero-order chi connectivity index (χ0) is 12.5. The summed E-state index contributed by atoms with van der Waals surface area (Å²) in [6.07, 6.45) is 0. The van der Waals surface area contributed by atoms with Crippen molar-refractivity contribution in [2.45, 2.75) is 0 Å². The predicted molar refractivity (Wildman–Crippen MR) is 60.4 cm³/mol. The fraction of sp³-hybridized carbons (Fsp3) is 0.364. The molecule has 0 aliphatic carbocycles. The first kappa shape index (κ1) is 11.0. The van der Waals surface area contributed by atoms with Crippen LogP contribution in [0.3, 0.4) is 0 Å². The van der Waals surface area contributed by atoms with Gasteiger partial charge in [-0.25, -0.2) is 9.73 Å². The predicted octanol–water partition coefficient (Wildman–Crippen LogP) is -1.30. The topological polar surface area (TPSA) is 74.6 Å². The summed E-state index contributed by atoms with van der Waals surface area (Å²) in [5.41, 5.74) is 1.07. The van der Waals surface area contributed by atoms with E-state index >= 15 is 0 Å². The summed E-state index contributed by atoms with van der Waals surface area (Å²) in [7, 11) is 0. The van der Waals surface area contributed by atoms with E-state index in [9.17, 15) is 10.0 Å². The second kappa shape index (κ2) is 4.30. The van der Waals surface area contributed by atoms with Crippen LogP contribution in [0.2, 0.25) is 0 Å². The number of benzene rings is 1. The summed E-state index contributed by atoms with van der Waals surface area (Å²) in [6.45, 7) is 2.65. The maximum absolute atomic E-state index is 11.1. The smallest absolute Gasteiger partial charge is 0.156 e. The number of carbonyl (C=O) groups excluding carboxylic acids is 1. The Morgan fingerprint density at radius 3 is 2.72 bits per heavy atom. The SMILES string of the molecule is O=C=c1c(N2CCOCC2)ccc2c1=NON2O. The molecule has 0 saturated carbocycles. The van der Waals surface area contributed by atoms with E-state index in [1.165, 1.54) is 0 Å². The van der Waals surface area contributed by atoms with Crippen molar-refractivity contribution in [2.75, 3.05) is 36.4 Å². The lowest BCUT2D eigenvalue weighted by Gasteiger charge is -2.28.